The van der Waals surface area contributed by atoms with E-state index in [1.165, 1.54) is 14.2 Å². The molecular formula is C15H20BrNO4. The highest BCUT2D eigenvalue weighted by atomic mass is 79.9. The van der Waals surface area contributed by atoms with Crippen LogP contribution in [-0.2, 0) is 0 Å². The van der Waals surface area contributed by atoms with E-state index >= 15 is 0 Å². The number of carbonyl (C=O) groups is 1. The van der Waals surface area contributed by atoms with Gasteiger partial charge in [0, 0.05) is 5.56 Å². The largest absolute Gasteiger partial charge is 0.495 e. The number of aliphatic hydroxyl groups is 1. The van der Waals surface area contributed by atoms with E-state index in [9.17, 15) is 9.90 Å². The molecule has 0 spiro atoms. The van der Waals surface area contributed by atoms with Crippen molar-refractivity contribution < 1.29 is 19.4 Å². The maximum atomic E-state index is 12.5. The maximum Gasteiger partial charge on any atom is 0.252 e. The van der Waals surface area contributed by atoms with Crippen molar-refractivity contribution in [2.24, 2.45) is 0 Å². The predicted octanol–water partition coefficient (Wildman–Crippen LogP) is 2.50. The minimum atomic E-state index is -0.495. The average Bonchev–Trinajstić information content (AvgIpc) is 2.96. The molecule has 1 aromatic carbocycles. The molecular weight excluding hydrogens is 338 g/mol. The number of halogens is 1. The molecule has 0 aliphatic heterocycles. The quantitative estimate of drug-likeness (QED) is 0.849. The number of methoxy groups -OCH3 is 2. The normalized spacial score (nSPS) is 16.6. The van der Waals surface area contributed by atoms with Crippen LogP contribution in [0.2, 0.25) is 0 Å². The molecule has 0 saturated heterocycles. The summed E-state index contributed by atoms with van der Waals surface area (Å²) >= 11 is 3.38. The Morgan fingerprint density at radius 1 is 1.29 bits per heavy atom. The summed E-state index contributed by atoms with van der Waals surface area (Å²) in [7, 11) is 3.07. The Hall–Kier alpha value is -1.27. The lowest BCUT2D eigenvalue weighted by Crippen LogP contribution is -2.49. The van der Waals surface area contributed by atoms with Crippen molar-refractivity contribution in [1.82, 2.24) is 5.32 Å². The van der Waals surface area contributed by atoms with Gasteiger partial charge >= 0.3 is 0 Å². The first-order valence-electron chi connectivity index (χ1n) is 6.90. The van der Waals surface area contributed by atoms with Gasteiger partial charge in [0.25, 0.3) is 5.91 Å². The smallest absolute Gasteiger partial charge is 0.252 e. The van der Waals surface area contributed by atoms with Crippen LogP contribution in [-0.4, -0.2) is 37.4 Å². The minimum Gasteiger partial charge on any atom is -0.495 e. The summed E-state index contributed by atoms with van der Waals surface area (Å²) in [6.07, 6.45) is 3.65. The second-order valence-electron chi connectivity index (χ2n) is 5.29. The topological polar surface area (TPSA) is 67.8 Å². The van der Waals surface area contributed by atoms with E-state index in [-0.39, 0.29) is 12.5 Å². The van der Waals surface area contributed by atoms with Gasteiger partial charge in [0.15, 0.2) is 0 Å². The molecule has 21 heavy (non-hydrogen) atoms. The second-order valence-corrected chi connectivity index (χ2v) is 6.09. The Morgan fingerprint density at radius 2 is 1.81 bits per heavy atom. The highest BCUT2D eigenvalue weighted by Gasteiger charge is 2.35. The minimum absolute atomic E-state index is 0.0382. The summed E-state index contributed by atoms with van der Waals surface area (Å²) in [5.41, 5.74) is -0.0448. The molecule has 0 atom stereocenters. The van der Waals surface area contributed by atoms with E-state index in [4.69, 9.17) is 9.47 Å². The van der Waals surface area contributed by atoms with Crippen LogP contribution in [0.4, 0.5) is 0 Å². The van der Waals surface area contributed by atoms with Crippen LogP contribution < -0.4 is 14.8 Å². The van der Waals surface area contributed by atoms with Crippen molar-refractivity contribution in [3.8, 4) is 11.5 Å². The number of benzene rings is 1. The number of rotatable bonds is 5. The first-order chi connectivity index (χ1) is 10.0. The molecule has 1 aliphatic rings. The lowest BCUT2D eigenvalue weighted by atomic mass is 9.98. The molecule has 1 aliphatic carbocycles. The average molecular weight is 358 g/mol. The Bertz CT molecular complexity index is 501. The van der Waals surface area contributed by atoms with E-state index in [1.807, 2.05) is 0 Å². The molecule has 2 rings (SSSR count). The Labute approximate surface area is 132 Å². The maximum absolute atomic E-state index is 12.5. The van der Waals surface area contributed by atoms with Crippen molar-refractivity contribution in [3.05, 3.63) is 22.2 Å². The lowest BCUT2D eigenvalue weighted by Gasteiger charge is -2.28. The monoisotopic (exact) mass is 357 g/mol. The molecule has 1 fully saturated rings. The van der Waals surface area contributed by atoms with Crippen LogP contribution in [0.25, 0.3) is 0 Å². The molecule has 1 saturated carbocycles. The van der Waals surface area contributed by atoms with E-state index in [2.05, 4.69) is 21.2 Å². The van der Waals surface area contributed by atoms with Crippen molar-refractivity contribution in [2.45, 2.75) is 31.2 Å². The zero-order valence-corrected chi connectivity index (χ0v) is 13.8. The van der Waals surface area contributed by atoms with E-state index in [0.717, 1.165) is 25.7 Å². The highest BCUT2D eigenvalue weighted by Crippen LogP contribution is 2.36. The number of amides is 1. The van der Waals surface area contributed by atoms with E-state index in [1.54, 1.807) is 12.1 Å². The van der Waals surface area contributed by atoms with Gasteiger partial charge in [-0.15, -0.1) is 0 Å². The molecule has 2 N–H and O–H groups in total. The third-order valence-electron chi connectivity index (χ3n) is 3.95. The molecule has 6 heteroatoms. The molecule has 5 nitrogen and oxygen atoms in total. The number of aliphatic hydroxyl groups excluding tert-OH is 1. The summed E-state index contributed by atoms with van der Waals surface area (Å²) in [6.45, 7) is -0.0382. The Kier molecular flexibility index (Phi) is 5.11. The number of carbonyl (C=O) groups excluding carboxylic acids is 1. The predicted molar refractivity (Wildman–Crippen MR) is 83.0 cm³/mol. The van der Waals surface area contributed by atoms with Gasteiger partial charge in [0.2, 0.25) is 0 Å². The van der Waals surface area contributed by atoms with Crippen molar-refractivity contribution >= 4 is 21.8 Å². The lowest BCUT2D eigenvalue weighted by molar-refractivity contribution is 0.0838. The van der Waals surface area contributed by atoms with E-state index < -0.39 is 5.54 Å². The standard InChI is InChI=1S/C15H20BrNO4/c1-20-11-7-10(8-12(21-2)13(11)16)14(19)17-15(9-18)5-3-4-6-15/h7-8,18H,3-6,9H2,1-2H3,(H,17,19). The molecule has 0 radical (unpaired) electrons. The van der Waals surface area contributed by atoms with Gasteiger partial charge in [-0.1, -0.05) is 12.8 Å². The number of hydrogen-bond acceptors (Lipinski definition) is 4. The second kappa shape index (κ2) is 6.66. The van der Waals surface area contributed by atoms with Crippen LogP contribution in [0, 0.1) is 0 Å². The first-order valence-corrected chi connectivity index (χ1v) is 7.69. The summed E-state index contributed by atoms with van der Waals surface area (Å²) in [5, 5.41) is 12.6. The van der Waals surface area contributed by atoms with Crippen molar-refractivity contribution in [2.75, 3.05) is 20.8 Å². The third kappa shape index (κ3) is 3.32. The zero-order chi connectivity index (χ0) is 15.5. The van der Waals surface area contributed by atoms with Gasteiger partial charge in [-0.25, -0.2) is 0 Å². The van der Waals surface area contributed by atoms with Gasteiger partial charge < -0.3 is 19.9 Å². The SMILES string of the molecule is COc1cc(C(=O)NC2(CO)CCCC2)cc(OC)c1Br. The molecule has 1 aromatic rings. The van der Waals surface area contributed by atoms with Crippen LogP contribution in [0.3, 0.4) is 0 Å². The van der Waals surface area contributed by atoms with Crippen LogP contribution in [0.15, 0.2) is 16.6 Å². The summed E-state index contributed by atoms with van der Waals surface area (Å²) in [5.74, 6) is 0.836. The van der Waals surface area contributed by atoms with Gasteiger partial charge in [0.1, 0.15) is 16.0 Å². The fraction of sp³-hybridized carbons (Fsp3) is 0.533. The zero-order valence-electron chi connectivity index (χ0n) is 12.2. The van der Waals surface area contributed by atoms with Crippen molar-refractivity contribution in [3.63, 3.8) is 0 Å². The molecule has 0 heterocycles. The fourth-order valence-electron chi connectivity index (χ4n) is 2.69. The number of ether oxygens (including phenoxy) is 2. The fourth-order valence-corrected chi connectivity index (χ4v) is 3.24. The van der Waals surface area contributed by atoms with Crippen molar-refractivity contribution in [1.29, 1.82) is 0 Å². The highest BCUT2D eigenvalue weighted by molar-refractivity contribution is 9.10. The first kappa shape index (κ1) is 16.1. The van der Waals surface area contributed by atoms with Gasteiger partial charge in [-0.05, 0) is 40.9 Å². The van der Waals surface area contributed by atoms with E-state index in [0.29, 0.717) is 21.5 Å². The van der Waals surface area contributed by atoms with Gasteiger partial charge in [-0.3, -0.25) is 4.79 Å². The third-order valence-corrected chi connectivity index (χ3v) is 4.73. The van der Waals surface area contributed by atoms with Crippen LogP contribution in [0.1, 0.15) is 36.0 Å². The molecule has 116 valence electrons. The van der Waals surface area contributed by atoms with Gasteiger partial charge in [-0.2, -0.15) is 0 Å². The molecule has 0 unspecified atom stereocenters. The number of hydrogen-bond donors (Lipinski definition) is 2. The summed E-state index contributed by atoms with van der Waals surface area (Å²) < 4.78 is 11.2. The number of nitrogens with one attached hydrogen (secondary N) is 1. The summed E-state index contributed by atoms with van der Waals surface area (Å²) in [4.78, 5) is 12.5. The Balaban J connectivity index is 2.26. The van der Waals surface area contributed by atoms with Gasteiger partial charge in [0.05, 0.1) is 26.4 Å². The molecule has 1 amide bonds. The molecule has 0 aromatic heterocycles. The molecule has 0 bridgehead atoms. The summed E-state index contributed by atoms with van der Waals surface area (Å²) in [6, 6.07) is 3.31. The Morgan fingerprint density at radius 3 is 2.24 bits per heavy atom. The van der Waals surface area contributed by atoms with Crippen LogP contribution >= 0.6 is 15.9 Å². The van der Waals surface area contributed by atoms with Crippen LogP contribution in [0.5, 0.6) is 11.5 Å².